The molecule has 0 spiro atoms. The van der Waals surface area contributed by atoms with Crippen molar-refractivity contribution in [2.24, 2.45) is 0 Å². The third kappa shape index (κ3) is 4.16. The molecule has 1 aliphatic heterocycles. The molecular weight excluding hydrogens is 449 g/mol. The van der Waals surface area contributed by atoms with E-state index in [1.54, 1.807) is 10.4 Å². The lowest BCUT2D eigenvalue weighted by molar-refractivity contribution is -0.137. The third-order valence-electron chi connectivity index (χ3n) is 7.64. The van der Waals surface area contributed by atoms with E-state index >= 15 is 0 Å². The van der Waals surface area contributed by atoms with Crippen molar-refractivity contribution in [1.29, 1.82) is 0 Å². The van der Waals surface area contributed by atoms with Crippen LogP contribution in [-0.4, -0.2) is 38.1 Å². The smallest absolute Gasteiger partial charge is 0.388 e. The molecule has 1 N–H and O–H groups in total. The molecule has 0 aromatic heterocycles. The Morgan fingerprint density at radius 2 is 1.82 bits per heavy atom. The summed E-state index contributed by atoms with van der Waals surface area (Å²) in [4.78, 5) is 0. The van der Waals surface area contributed by atoms with Gasteiger partial charge in [0.25, 0.3) is 0 Å². The van der Waals surface area contributed by atoms with E-state index in [1.165, 1.54) is 23.3 Å². The summed E-state index contributed by atoms with van der Waals surface area (Å²) in [5, 5.41) is 3.06. The Kier molecular flexibility index (Phi) is 5.72. The first-order chi connectivity index (χ1) is 15.7. The number of rotatable bonds is 6. The molecule has 1 unspecified atom stereocenters. The Morgan fingerprint density at radius 1 is 1.06 bits per heavy atom. The SMILES string of the molecule is CNc1cc2c(cc1C1CN(S(=O)(=O)C3CCC3)C1)C(Cc1cccc(C(F)(F)F)c1)CC2. The summed E-state index contributed by atoms with van der Waals surface area (Å²) in [5.74, 6) is 0.311. The standard InChI is InChI=1S/C25H29F3N2O2S/c1-29-24-12-18-9-8-17(10-16-4-2-5-20(11-16)25(26,27)28)22(18)13-23(24)19-14-30(15-19)33(31,32)21-6-3-7-21/h2,4-5,11-13,17,19,21,29H,3,6-10,14-15H2,1H3. The molecule has 178 valence electrons. The van der Waals surface area contributed by atoms with Crippen molar-refractivity contribution >= 4 is 15.7 Å². The van der Waals surface area contributed by atoms with Crippen LogP contribution in [0.15, 0.2) is 36.4 Å². The first kappa shape index (κ1) is 22.7. The Balaban J connectivity index is 1.36. The average Bonchev–Trinajstić information content (AvgIpc) is 3.05. The van der Waals surface area contributed by atoms with Crippen LogP contribution in [0.25, 0.3) is 0 Å². The number of sulfonamides is 1. The molecule has 2 aromatic rings. The maximum absolute atomic E-state index is 13.1. The zero-order valence-electron chi connectivity index (χ0n) is 18.7. The molecule has 1 saturated heterocycles. The van der Waals surface area contributed by atoms with Crippen LogP contribution in [0.2, 0.25) is 0 Å². The number of alkyl halides is 3. The zero-order chi connectivity index (χ0) is 23.4. The predicted octanol–water partition coefficient (Wildman–Crippen LogP) is 5.30. The molecule has 33 heavy (non-hydrogen) atoms. The van der Waals surface area contributed by atoms with Gasteiger partial charge in [0.1, 0.15) is 0 Å². The van der Waals surface area contributed by atoms with Gasteiger partial charge in [-0.05, 0) is 72.4 Å². The fraction of sp³-hybridized carbons (Fsp3) is 0.520. The minimum Gasteiger partial charge on any atom is -0.388 e. The molecule has 1 atom stereocenters. The highest BCUT2D eigenvalue weighted by molar-refractivity contribution is 7.89. The topological polar surface area (TPSA) is 49.4 Å². The second-order valence-corrected chi connectivity index (χ2v) is 11.9. The number of nitrogens with zero attached hydrogens (tertiary/aromatic N) is 1. The van der Waals surface area contributed by atoms with Gasteiger partial charge < -0.3 is 5.32 Å². The molecule has 1 saturated carbocycles. The van der Waals surface area contributed by atoms with Gasteiger partial charge >= 0.3 is 6.18 Å². The fourth-order valence-electron chi connectivity index (χ4n) is 5.41. The molecule has 0 amide bonds. The van der Waals surface area contributed by atoms with Gasteiger partial charge in [-0.3, -0.25) is 0 Å². The Bertz CT molecular complexity index is 1150. The van der Waals surface area contributed by atoms with Gasteiger partial charge in [0.05, 0.1) is 10.8 Å². The Labute approximate surface area is 193 Å². The van der Waals surface area contributed by atoms with E-state index in [1.807, 2.05) is 7.05 Å². The van der Waals surface area contributed by atoms with Crippen molar-refractivity contribution in [3.05, 3.63) is 64.2 Å². The van der Waals surface area contributed by atoms with Gasteiger partial charge in [0, 0.05) is 31.7 Å². The number of fused-ring (bicyclic) bond motifs is 1. The van der Waals surface area contributed by atoms with E-state index in [4.69, 9.17) is 0 Å². The van der Waals surface area contributed by atoms with E-state index in [0.29, 0.717) is 25.1 Å². The lowest BCUT2D eigenvalue weighted by atomic mass is 9.86. The zero-order valence-corrected chi connectivity index (χ0v) is 19.5. The number of hydrogen-bond acceptors (Lipinski definition) is 3. The van der Waals surface area contributed by atoms with Crippen LogP contribution < -0.4 is 5.32 Å². The molecule has 3 aliphatic rings. The van der Waals surface area contributed by atoms with Crippen LogP contribution in [0.5, 0.6) is 0 Å². The molecular formula is C25H29F3N2O2S. The van der Waals surface area contributed by atoms with Gasteiger partial charge in [-0.2, -0.15) is 13.2 Å². The molecule has 2 fully saturated rings. The van der Waals surface area contributed by atoms with Crippen molar-refractivity contribution < 1.29 is 21.6 Å². The Morgan fingerprint density at radius 3 is 2.45 bits per heavy atom. The molecule has 1 heterocycles. The second kappa shape index (κ2) is 8.31. The third-order valence-corrected chi connectivity index (χ3v) is 9.97. The van der Waals surface area contributed by atoms with Crippen LogP contribution >= 0.6 is 0 Å². The summed E-state index contributed by atoms with van der Waals surface area (Å²) in [6.07, 6.45) is 0.564. The van der Waals surface area contributed by atoms with Crippen LogP contribution in [0.4, 0.5) is 18.9 Å². The average molecular weight is 479 g/mol. The van der Waals surface area contributed by atoms with Crippen LogP contribution in [0, 0.1) is 0 Å². The monoisotopic (exact) mass is 478 g/mol. The van der Waals surface area contributed by atoms with Crippen molar-refractivity contribution in [2.75, 3.05) is 25.5 Å². The first-order valence-corrected chi connectivity index (χ1v) is 13.2. The largest absolute Gasteiger partial charge is 0.416 e. The van der Waals surface area contributed by atoms with Gasteiger partial charge in [0.15, 0.2) is 0 Å². The predicted molar refractivity (Wildman–Crippen MR) is 123 cm³/mol. The van der Waals surface area contributed by atoms with Gasteiger partial charge in [-0.15, -0.1) is 0 Å². The van der Waals surface area contributed by atoms with Crippen molar-refractivity contribution in [1.82, 2.24) is 4.31 Å². The first-order valence-electron chi connectivity index (χ1n) is 11.7. The minimum absolute atomic E-state index is 0.141. The molecule has 2 aliphatic carbocycles. The van der Waals surface area contributed by atoms with E-state index in [2.05, 4.69) is 17.4 Å². The Hall–Kier alpha value is -2.06. The van der Waals surface area contributed by atoms with Crippen LogP contribution in [0.1, 0.15) is 65.3 Å². The lowest BCUT2D eigenvalue weighted by Gasteiger charge is -2.42. The van der Waals surface area contributed by atoms with E-state index < -0.39 is 21.8 Å². The number of nitrogens with one attached hydrogen (secondary N) is 1. The maximum Gasteiger partial charge on any atom is 0.416 e. The molecule has 2 aromatic carbocycles. The van der Waals surface area contributed by atoms with Crippen molar-refractivity contribution in [3.63, 3.8) is 0 Å². The highest BCUT2D eigenvalue weighted by atomic mass is 32.2. The minimum atomic E-state index is -4.34. The van der Waals surface area contributed by atoms with Crippen molar-refractivity contribution in [2.45, 2.75) is 61.8 Å². The number of halogens is 3. The molecule has 0 radical (unpaired) electrons. The molecule has 0 bridgehead atoms. The van der Waals surface area contributed by atoms with Crippen LogP contribution in [-0.2, 0) is 29.0 Å². The highest BCUT2D eigenvalue weighted by Crippen LogP contribution is 2.43. The van der Waals surface area contributed by atoms with E-state index in [9.17, 15) is 21.6 Å². The fourth-order valence-corrected chi connectivity index (χ4v) is 7.53. The van der Waals surface area contributed by atoms with Crippen LogP contribution in [0.3, 0.4) is 0 Å². The molecule has 4 nitrogen and oxygen atoms in total. The quantitative estimate of drug-likeness (QED) is 0.613. The van der Waals surface area contributed by atoms with Gasteiger partial charge in [-0.1, -0.05) is 30.7 Å². The normalized spacial score (nSPS) is 22.0. The summed E-state index contributed by atoms with van der Waals surface area (Å²) < 4.78 is 66.4. The molecule has 8 heteroatoms. The second-order valence-electron chi connectivity index (χ2n) is 9.64. The number of aryl methyl sites for hydroxylation is 1. The number of anilines is 1. The summed E-state index contributed by atoms with van der Waals surface area (Å²) in [7, 11) is -1.31. The van der Waals surface area contributed by atoms with Gasteiger partial charge in [-0.25, -0.2) is 12.7 Å². The number of hydrogen-bond donors (Lipinski definition) is 1. The molecule has 5 rings (SSSR count). The summed E-state index contributed by atoms with van der Waals surface area (Å²) in [6.45, 7) is 1.01. The van der Waals surface area contributed by atoms with Gasteiger partial charge in [0.2, 0.25) is 10.0 Å². The summed E-state index contributed by atoms with van der Waals surface area (Å²) in [5.41, 5.74) is 4.67. The van der Waals surface area contributed by atoms with E-state index in [0.717, 1.165) is 49.4 Å². The van der Waals surface area contributed by atoms with E-state index in [-0.39, 0.29) is 17.1 Å². The highest BCUT2D eigenvalue weighted by Gasteiger charge is 2.43. The lowest BCUT2D eigenvalue weighted by Crippen LogP contribution is -2.53. The summed E-state index contributed by atoms with van der Waals surface area (Å²) >= 11 is 0. The summed E-state index contributed by atoms with van der Waals surface area (Å²) in [6, 6.07) is 9.96. The van der Waals surface area contributed by atoms with Crippen molar-refractivity contribution in [3.8, 4) is 0 Å². The maximum atomic E-state index is 13.1. The number of benzene rings is 2.